The number of nitrogens with two attached hydrogens (primary N) is 1. The summed E-state index contributed by atoms with van der Waals surface area (Å²) in [5, 5.41) is 11.9. The molecule has 2 N–H and O–H groups in total. The molecule has 0 spiro atoms. The van der Waals surface area contributed by atoms with Crippen molar-refractivity contribution in [2.45, 2.75) is 6.61 Å². The first-order valence-corrected chi connectivity index (χ1v) is 6.21. The van der Waals surface area contributed by atoms with Crippen molar-refractivity contribution >= 4 is 5.69 Å². The van der Waals surface area contributed by atoms with Crippen molar-refractivity contribution in [2.24, 2.45) is 7.05 Å². The highest BCUT2D eigenvalue weighted by Crippen LogP contribution is 2.27. The van der Waals surface area contributed by atoms with Crippen LogP contribution in [0.25, 0.3) is 23.0 Å². The summed E-state index contributed by atoms with van der Waals surface area (Å²) >= 11 is 0. The standard InChI is InChI=1S/C13H11F2N5O2/c1-20-6-9(16)10(19-20)12-18-17-11(22-12)7-2-4-8(5-3-7)21-13(14)15/h2-6,13H,16H2,1H3. The summed E-state index contributed by atoms with van der Waals surface area (Å²) in [6, 6.07) is 5.86. The highest BCUT2D eigenvalue weighted by molar-refractivity contribution is 5.66. The number of hydrogen-bond donors (Lipinski definition) is 1. The zero-order chi connectivity index (χ0) is 15.7. The van der Waals surface area contributed by atoms with Crippen LogP contribution in [0.4, 0.5) is 14.5 Å². The van der Waals surface area contributed by atoms with Gasteiger partial charge in [0.05, 0.1) is 5.69 Å². The van der Waals surface area contributed by atoms with Crippen molar-refractivity contribution in [3.05, 3.63) is 30.5 Å². The van der Waals surface area contributed by atoms with Gasteiger partial charge in [-0.05, 0) is 24.3 Å². The van der Waals surface area contributed by atoms with E-state index in [9.17, 15) is 8.78 Å². The monoisotopic (exact) mass is 307 g/mol. The quantitative estimate of drug-likeness (QED) is 0.795. The largest absolute Gasteiger partial charge is 0.435 e. The van der Waals surface area contributed by atoms with Gasteiger partial charge in [0.15, 0.2) is 5.69 Å². The third-order valence-corrected chi connectivity index (χ3v) is 2.81. The molecule has 9 heteroatoms. The number of anilines is 1. The minimum Gasteiger partial charge on any atom is -0.435 e. The minimum atomic E-state index is -2.87. The van der Waals surface area contributed by atoms with Gasteiger partial charge < -0.3 is 14.9 Å². The number of nitrogen functional groups attached to an aromatic ring is 1. The van der Waals surface area contributed by atoms with Crippen LogP contribution in [0.2, 0.25) is 0 Å². The van der Waals surface area contributed by atoms with Crippen LogP contribution in [0, 0.1) is 0 Å². The number of aryl methyl sites for hydroxylation is 1. The second-order valence-electron chi connectivity index (χ2n) is 4.42. The summed E-state index contributed by atoms with van der Waals surface area (Å²) in [7, 11) is 1.72. The molecule has 1 aromatic carbocycles. The average Bonchev–Trinajstić information content (AvgIpc) is 3.05. The van der Waals surface area contributed by atoms with Crippen molar-refractivity contribution in [3.8, 4) is 28.8 Å². The highest BCUT2D eigenvalue weighted by atomic mass is 19.3. The summed E-state index contributed by atoms with van der Waals surface area (Å²) in [5.41, 5.74) is 7.16. The Balaban J connectivity index is 1.86. The molecule has 0 bridgehead atoms. The Labute approximate surface area is 123 Å². The Morgan fingerprint density at radius 3 is 2.45 bits per heavy atom. The molecule has 0 unspecified atom stereocenters. The van der Waals surface area contributed by atoms with E-state index in [1.807, 2.05) is 0 Å². The smallest absolute Gasteiger partial charge is 0.387 e. The van der Waals surface area contributed by atoms with E-state index in [1.54, 1.807) is 13.2 Å². The molecule has 0 radical (unpaired) electrons. The van der Waals surface area contributed by atoms with E-state index < -0.39 is 6.61 Å². The van der Waals surface area contributed by atoms with Crippen LogP contribution in [0.15, 0.2) is 34.9 Å². The fourth-order valence-corrected chi connectivity index (χ4v) is 1.89. The molecular weight excluding hydrogens is 296 g/mol. The SMILES string of the molecule is Cn1cc(N)c(-c2nnc(-c3ccc(OC(F)F)cc3)o2)n1. The minimum absolute atomic E-state index is 0.0486. The topological polar surface area (TPSA) is 92.0 Å². The van der Waals surface area contributed by atoms with Gasteiger partial charge in [-0.25, -0.2) is 0 Å². The summed E-state index contributed by atoms with van der Waals surface area (Å²) in [4.78, 5) is 0. The first-order valence-electron chi connectivity index (χ1n) is 6.21. The Morgan fingerprint density at radius 1 is 1.18 bits per heavy atom. The predicted octanol–water partition coefficient (Wildman–Crippen LogP) is 2.32. The Hall–Kier alpha value is -2.97. The molecule has 0 fully saturated rings. The van der Waals surface area contributed by atoms with Gasteiger partial charge in [0.25, 0.3) is 5.89 Å². The van der Waals surface area contributed by atoms with Crippen LogP contribution in [-0.4, -0.2) is 26.6 Å². The maximum Gasteiger partial charge on any atom is 0.387 e. The molecule has 0 saturated heterocycles. The molecule has 3 aromatic rings. The first-order chi connectivity index (χ1) is 10.5. The average molecular weight is 307 g/mol. The van der Waals surface area contributed by atoms with E-state index in [0.717, 1.165) is 0 Å². The van der Waals surface area contributed by atoms with Gasteiger partial charge in [-0.2, -0.15) is 13.9 Å². The zero-order valence-corrected chi connectivity index (χ0v) is 11.4. The Kier molecular flexibility index (Phi) is 3.45. The van der Waals surface area contributed by atoms with Crippen LogP contribution in [-0.2, 0) is 7.05 Å². The number of halogens is 2. The van der Waals surface area contributed by atoms with E-state index in [0.29, 0.717) is 16.9 Å². The van der Waals surface area contributed by atoms with E-state index in [-0.39, 0.29) is 17.5 Å². The lowest BCUT2D eigenvalue weighted by Crippen LogP contribution is -2.01. The molecule has 0 aliphatic carbocycles. The van der Waals surface area contributed by atoms with Gasteiger partial charge in [0.1, 0.15) is 5.75 Å². The summed E-state index contributed by atoms with van der Waals surface area (Å²) in [5.74, 6) is 0.456. The van der Waals surface area contributed by atoms with E-state index in [2.05, 4.69) is 20.0 Å². The maximum atomic E-state index is 12.1. The van der Waals surface area contributed by atoms with Crippen molar-refractivity contribution < 1.29 is 17.9 Å². The van der Waals surface area contributed by atoms with Crippen LogP contribution in [0.5, 0.6) is 5.75 Å². The number of aromatic nitrogens is 4. The van der Waals surface area contributed by atoms with Crippen LogP contribution in [0.1, 0.15) is 0 Å². The van der Waals surface area contributed by atoms with Crippen LogP contribution < -0.4 is 10.5 Å². The molecule has 2 aromatic heterocycles. The second kappa shape index (κ2) is 5.43. The molecule has 2 heterocycles. The summed E-state index contributed by atoms with van der Waals surface area (Å²) in [6.07, 6.45) is 1.62. The van der Waals surface area contributed by atoms with E-state index >= 15 is 0 Å². The van der Waals surface area contributed by atoms with Crippen molar-refractivity contribution in [3.63, 3.8) is 0 Å². The lowest BCUT2D eigenvalue weighted by Gasteiger charge is -2.03. The third kappa shape index (κ3) is 2.73. The van der Waals surface area contributed by atoms with Gasteiger partial charge in [-0.1, -0.05) is 0 Å². The van der Waals surface area contributed by atoms with Crippen LogP contribution in [0.3, 0.4) is 0 Å². The Bertz CT molecular complexity index is 782. The predicted molar refractivity (Wildman–Crippen MR) is 73.0 cm³/mol. The number of nitrogens with zero attached hydrogens (tertiary/aromatic N) is 4. The normalized spacial score (nSPS) is 11.1. The Morgan fingerprint density at radius 2 is 1.86 bits per heavy atom. The van der Waals surface area contributed by atoms with Crippen LogP contribution >= 0.6 is 0 Å². The summed E-state index contributed by atoms with van der Waals surface area (Å²) in [6.45, 7) is -2.87. The first kappa shape index (κ1) is 14.0. The zero-order valence-electron chi connectivity index (χ0n) is 11.4. The summed E-state index contributed by atoms with van der Waals surface area (Å²) < 4.78 is 35.5. The van der Waals surface area contributed by atoms with Gasteiger partial charge in [-0.15, -0.1) is 10.2 Å². The van der Waals surface area contributed by atoms with Gasteiger partial charge in [0.2, 0.25) is 5.89 Å². The van der Waals surface area contributed by atoms with Crippen molar-refractivity contribution in [2.75, 3.05) is 5.73 Å². The fraction of sp³-hybridized carbons (Fsp3) is 0.154. The molecule has 22 heavy (non-hydrogen) atoms. The van der Waals surface area contributed by atoms with Crippen molar-refractivity contribution in [1.29, 1.82) is 0 Å². The third-order valence-electron chi connectivity index (χ3n) is 2.81. The molecular formula is C13H11F2N5O2. The molecule has 114 valence electrons. The second-order valence-corrected chi connectivity index (χ2v) is 4.42. The molecule has 3 rings (SSSR count). The molecule has 7 nitrogen and oxygen atoms in total. The maximum absolute atomic E-state index is 12.1. The molecule has 0 saturated carbocycles. The number of hydrogen-bond acceptors (Lipinski definition) is 6. The molecule has 0 aliphatic rings. The number of benzene rings is 1. The van der Waals surface area contributed by atoms with Gasteiger partial charge in [0, 0.05) is 18.8 Å². The lowest BCUT2D eigenvalue weighted by atomic mass is 10.2. The molecule has 0 aliphatic heterocycles. The number of rotatable bonds is 4. The fourth-order valence-electron chi connectivity index (χ4n) is 1.89. The lowest BCUT2D eigenvalue weighted by molar-refractivity contribution is -0.0498. The number of ether oxygens (including phenoxy) is 1. The van der Waals surface area contributed by atoms with E-state index in [1.165, 1.54) is 28.9 Å². The molecule has 0 atom stereocenters. The van der Waals surface area contributed by atoms with E-state index in [4.69, 9.17) is 10.2 Å². The highest BCUT2D eigenvalue weighted by Gasteiger charge is 2.16. The van der Waals surface area contributed by atoms with Gasteiger partial charge in [-0.3, -0.25) is 4.68 Å². The van der Waals surface area contributed by atoms with Crippen molar-refractivity contribution in [1.82, 2.24) is 20.0 Å². The van der Waals surface area contributed by atoms with Gasteiger partial charge >= 0.3 is 6.61 Å². The molecule has 0 amide bonds. The number of alkyl halides is 2.